The fourth-order valence-corrected chi connectivity index (χ4v) is 3.97. The number of carbonyl (C=O) groups is 1. The van der Waals surface area contributed by atoms with E-state index in [9.17, 15) is 4.79 Å². The average molecular weight is 347 g/mol. The minimum Gasteiger partial charge on any atom is -0.330 e. The molecule has 0 radical (unpaired) electrons. The summed E-state index contributed by atoms with van der Waals surface area (Å²) < 4.78 is 0. The maximum Gasteiger partial charge on any atom is 0.254 e. The summed E-state index contributed by atoms with van der Waals surface area (Å²) in [5.41, 5.74) is 8.50. The highest BCUT2D eigenvalue weighted by Gasteiger charge is 2.28. The highest BCUT2D eigenvalue weighted by atomic mass is 35.5. The van der Waals surface area contributed by atoms with Gasteiger partial charge in [-0.25, -0.2) is 0 Å². The molecule has 120 valence electrons. The van der Waals surface area contributed by atoms with Gasteiger partial charge >= 0.3 is 0 Å². The first-order valence-corrected chi connectivity index (χ1v) is 9.15. The number of amides is 1. The van der Waals surface area contributed by atoms with Gasteiger partial charge in [-0.2, -0.15) is 11.8 Å². The van der Waals surface area contributed by atoms with Crippen LogP contribution in [0.2, 0.25) is 5.02 Å². The number of carbonyl (C=O) groups excluding carboxylic acids is 1. The van der Waals surface area contributed by atoms with Crippen molar-refractivity contribution in [2.24, 2.45) is 5.73 Å². The second-order valence-electron chi connectivity index (χ2n) is 5.54. The number of hydrogen-bond donors (Lipinski definition) is 1. The molecule has 2 aromatic carbocycles. The molecule has 1 heterocycles. The molecule has 3 rings (SSSR count). The number of benzene rings is 2. The minimum atomic E-state index is 0.0776. The van der Waals surface area contributed by atoms with Gasteiger partial charge < -0.3 is 10.6 Å². The number of rotatable bonds is 3. The van der Waals surface area contributed by atoms with Crippen LogP contribution < -0.4 is 5.73 Å². The molecule has 0 spiro atoms. The van der Waals surface area contributed by atoms with Gasteiger partial charge in [0, 0.05) is 35.2 Å². The zero-order valence-corrected chi connectivity index (χ0v) is 14.3. The third-order valence-corrected chi connectivity index (χ3v) is 5.36. The Morgan fingerprint density at radius 2 is 1.87 bits per heavy atom. The lowest BCUT2D eigenvalue weighted by molar-refractivity contribution is 0.0701. The zero-order chi connectivity index (χ0) is 16.2. The first kappa shape index (κ1) is 16.4. The van der Waals surface area contributed by atoms with E-state index in [1.807, 2.05) is 65.2 Å². The molecule has 1 atom stereocenters. The van der Waals surface area contributed by atoms with Crippen LogP contribution in [-0.4, -0.2) is 28.9 Å². The van der Waals surface area contributed by atoms with Gasteiger partial charge in [0.25, 0.3) is 5.91 Å². The fourth-order valence-electron chi connectivity index (χ4n) is 2.76. The van der Waals surface area contributed by atoms with E-state index in [1.54, 1.807) is 0 Å². The molecule has 0 bridgehead atoms. The predicted octanol–water partition coefficient (Wildman–Crippen LogP) is 3.73. The Kier molecular flexibility index (Phi) is 5.26. The van der Waals surface area contributed by atoms with Crippen LogP contribution in [-0.2, 0) is 6.54 Å². The summed E-state index contributed by atoms with van der Waals surface area (Å²) in [6, 6.07) is 15.5. The molecule has 0 aromatic heterocycles. The Hall–Kier alpha value is -1.49. The lowest BCUT2D eigenvalue weighted by atomic mass is 10.0. The molecule has 0 aliphatic carbocycles. The largest absolute Gasteiger partial charge is 0.330 e. The van der Waals surface area contributed by atoms with Crippen molar-refractivity contribution in [2.75, 3.05) is 18.1 Å². The monoisotopic (exact) mass is 346 g/mol. The van der Waals surface area contributed by atoms with Gasteiger partial charge in [-0.05, 0) is 35.4 Å². The SMILES string of the molecule is NCc1ccc(C(=O)N2CCSCC2c2ccc(Cl)cc2)cc1. The maximum atomic E-state index is 12.9. The van der Waals surface area contributed by atoms with Crippen molar-refractivity contribution in [3.8, 4) is 0 Å². The average Bonchev–Trinajstić information content (AvgIpc) is 2.62. The Morgan fingerprint density at radius 1 is 1.17 bits per heavy atom. The summed E-state index contributed by atoms with van der Waals surface area (Å²) in [7, 11) is 0. The van der Waals surface area contributed by atoms with Gasteiger partial charge in [-0.3, -0.25) is 4.79 Å². The highest BCUT2D eigenvalue weighted by molar-refractivity contribution is 7.99. The molecular formula is C18H19ClN2OS. The van der Waals surface area contributed by atoms with Crippen LogP contribution in [0, 0.1) is 0 Å². The Labute approximate surface area is 145 Å². The molecule has 1 aliphatic heterocycles. The van der Waals surface area contributed by atoms with Crippen LogP contribution in [0.15, 0.2) is 48.5 Å². The summed E-state index contributed by atoms with van der Waals surface area (Å²) in [6.45, 7) is 1.25. The van der Waals surface area contributed by atoms with Gasteiger partial charge in [-0.15, -0.1) is 0 Å². The van der Waals surface area contributed by atoms with E-state index in [1.165, 1.54) is 0 Å². The molecule has 1 aliphatic rings. The summed E-state index contributed by atoms with van der Waals surface area (Å²) in [6.07, 6.45) is 0. The molecule has 23 heavy (non-hydrogen) atoms. The molecule has 2 aromatic rings. The van der Waals surface area contributed by atoms with Crippen LogP contribution in [0.4, 0.5) is 0 Å². The van der Waals surface area contributed by atoms with Crippen molar-refractivity contribution in [1.82, 2.24) is 4.90 Å². The van der Waals surface area contributed by atoms with Crippen molar-refractivity contribution in [2.45, 2.75) is 12.6 Å². The van der Waals surface area contributed by atoms with E-state index in [2.05, 4.69) is 0 Å². The first-order chi connectivity index (χ1) is 11.2. The molecule has 1 unspecified atom stereocenters. The van der Waals surface area contributed by atoms with E-state index in [-0.39, 0.29) is 11.9 Å². The Balaban J connectivity index is 1.85. The Bertz CT molecular complexity index is 672. The maximum absolute atomic E-state index is 12.9. The predicted molar refractivity (Wildman–Crippen MR) is 96.9 cm³/mol. The van der Waals surface area contributed by atoms with Crippen molar-refractivity contribution in [3.05, 3.63) is 70.2 Å². The quantitative estimate of drug-likeness (QED) is 0.921. The van der Waals surface area contributed by atoms with Crippen LogP contribution in [0.1, 0.15) is 27.5 Å². The third kappa shape index (κ3) is 3.71. The summed E-state index contributed by atoms with van der Waals surface area (Å²) in [4.78, 5) is 14.9. The van der Waals surface area contributed by atoms with Crippen molar-refractivity contribution in [3.63, 3.8) is 0 Å². The molecule has 1 fully saturated rings. The van der Waals surface area contributed by atoms with Gasteiger partial charge in [0.05, 0.1) is 6.04 Å². The van der Waals surface area contributed by atoms with Crippen molar-refractivity contribution in [1.29, 1.82) is 0 Å². The van der Waals surface area contributed by atoms with Crippen molar-refractivity contribution >= 4 is 29.3 Å². The third-order valence-electron chi connectivity index (χ3n) is 4.08. The lowest BCUT2D eigenvalue weighted by Crippen LogP contribution is -2.40. The standard InChI is InChI=1S/C18H19ClN2OS/c19-16-7-5-14(6-8-16)17-12-23-10-9-21(17)18(22)15-3-1-13(11-20)2-4-15/h1-8,17H,9-12,20H2. The molecule has 3 nitrogen and oxygen atoms in total. The molecule has 1 amide bonds. The molecule has 5 heteroatoms. The van der Waals surface area contributed by atoms with E-state index < -0.39 is 0 Å². The number of hydrogen-bond acceptors (Lipinski definition) is 3. The minimum absolute atomic E-state index is 0.0776. The molecule has 0 saturated carbocycles. The second kappa shape index (κ2) is 7.39. The summed E-state index contributed by atoms with van der Waals surface area (Å²) in [5, 5.41) is 0.715. The summed E-state index contributed by atoms with van der Waals surface area (Å²) in [5.74, 6) is 1.96. The van der Waals surface area contributed by atoms with E-state index in [0.717, 1.165) is 29.2 Å². The highest BCUT2D eigenvalue weighted by Crippen LogP contribution is 2.31. The summed E-state index contributed by atoms with van der Waals surface area (Å²) >= 11 is 7.86. The van der Waals surface area contributed by atoms with Crippen molar-refractivity contribution < 1.29 is 4.79 Å². The van der Waals surface area contributed by atoms with E-state index >= 15 is 0 Å². The number of nitrogens with zero attached hydrogens (tertiary/aromatic N) is 1. The van der Waals surface area contributed by atoms with Gasteiger partial charge in [-0.1, -0.05) is 35.9 Å². The first-order valence-electron chi connectivity index (χ1n) is 7.62. The number of halogens is 1. The number of nitrogens with two attached hydrogens (primary N) is 1. The zero-order valence-electron chi connectivity index (χ0n) is 12.7. The van der Waals surface area contributed by atoms with Gasteiger partial charge in [0.1, 0.15) is 0 Å². The number of thioether (sulfide) groups is 1. The second-order valence-corrected chi connectivity index (χ2v) is 7.13. The van der Waals surface area contributed by atoms with Gasteiger partial charge in [0.2, 0.25) is 0 Å². The van der Waals surface area contributed by atoms with Crippen LogP contribution in [0.5, 0.6) is 0 Å². The van der Waals surface area contributed by atoms with Gasteiger partial charge in [0.15, 0.2) is 0 Å². The van der Waals surface area contributed by atoms with Crippen LogP contribution >= 0.6 is 23.4 Å². The lowest BCUT2D eigenvalue weighted by Gasteiger charge is -2.36. The fraction of sp³-hybridized carbons (Fsp3) is 0.278. The molecular weight excluding hydrogens is 328 g/mol. The smallest absolute Gasteiger partial charge is 0.254 e. The van der Waals surface area contributed by atoms with E-state index in [4.69, 9.17) is 17.3 Å². The topological polar surface area (TPSA) is 46.3 Å². The van der Waals surface area contributed by atoms with Crippen LogP contribution in [0.25, 0.3) is 0 Å². The van der Waals surface area contributed by atoms with Crippen LogP contribution in [0.3, 0.4) is 0 Å². The normalized spacial score (nSPS) is 18.0. The molecule has 1 saturated heterocycles. The molecule has 2 N–H and O–H groups in total. The Morgan fingerprint density at radius 3 is 2.52 bits per heavy atom. The van der Waals surface area contributed by atoms with E-state index in [0.29, 0.717) is 17.1 Å².